The van der Waals surface area contributed by atoms with Gasteiger partial charge in [0.25, 0.3) is 5.91 Å². The molecule has 2 aliphatic heterocycles. The molecule has 2 aromatic heterocycles. The van der Waals surface area contributed by atoms with Crippen molar-refractivity contribution >= 4 is 32.8 Å². The summed E-state index contributed by atoms with van der Waals surface area (Å²) in [7, 11) is 0. The lowest BCUT2D eigenvalue weighted by atomic mass is 9.97. The second kappa shape index (κ2) is 5.10. The van der Waals surface area contributed by atoms with Crippen molar-refractivity contribution in [2.24, 2.45) is 5.92 Å². The Kier molecular flexibility index (Phi) is 3.23. The molecule has 0 saturated carbocycles. The number of furan rings is 1. The highest BCUT2D eigenvalue weighted by Crippen LogP contribution is 2.28. The Labute approximate surface area is 130 Å². The van der Waals surface area contributed by atoms with E-state index in [9.17, 15) is 4.79 Å². The molecular formula is C15H16BrN3O2. The minimum Gasteiger partial charge on any atom is -0.461 e. The first kappa shape index (κ1) is 13.3. The van der Waals surface area contributed by atoms with Crippen LogP contribution in [-0.4, -0.2) is 41.5 Å². The Morgan fingerprint density at radius 3 is 3.24 bits per heavy atom. The number of piperidine rings is 1. The van der Waals surface area contributed by atoms with Crippen LogP contribution < -0.4 is 5.32 Å². The van der Waals surface area contributed by atoms with Crippen LogP contribution in [-0.2, 0) is 0 Å². The fourth-order valence-corrected chi connectivity index (χ4v) is 3.85. The first-order chi connectivity index (χ1) is 10.2. The third-order valence-corrected chi connectivity index (χ3v) is 5.06. The molecule has 1 unspecified atom stereocenters. The number of hydrogen-bond acceptors (Lipinski definition) is 4. The fourth-order valence-electron chi connectivity index (χ4n) is 3.45. The summed E-state index contributed by atoms with van der Waals surface area (Å²) in [4.78, 5) is 19.0. The second-order valence-electron chi connectivity index (χ2n) is 5.97. The van der Waals surface area contributed by atoms with Gasteiger partial charge in [-0.1, -0.05) is 0 Å². The van der Waals surface area contributed by atoms with E-state index in [-0.39, 0.29) is 11.9 Å². The second-order valence-corrected chi connectivity index (χ2v) is 6.82. The van der Waals surface area contributed by atoms with Crippen LogP contribution in [0.25, 0.3) is 11.0 Å². The highest BCUT2D eigenvalue weighted by molar-refractivity contribution is 9.10. The largest absolute Gasteiger partial charge is 0.461 e. The molecule has 2 aromatic rings. The highest BCUT2D eigenvalue weighted by Gasteiger charge is 2.33. The van der Waals surface area contributed by atoms with E-state index < -0.39 is 0 Å². The Balaban J connectivity index is 1.52. The molecule has 0 spiro atoms. The molecule has 21 heavy (non-hydrogen) atoms. The molecule has 4 heterocycles. The van der Waals surface area contributed by atoms with Crippen molar-refractivity contribution in [2.75, 3.05) is 19.6 Å². The summed E-state index contributed by atoms with van der Waals surface area (Å²) >= 11 is 3.41. The Morgan fingerprint density at radius 2 is 2.38 bits per heavy atom. The lowest BCUT2D eigenvalue weighted by Gasteiger charge is -2.30. The van der Waals surface area contributed by atoms with Crippen molar-refractivity contribution in [3.63, 3.8) is 0 Å². The molecule has 2 bridgehead atoms. The summed E-state index contributed by atoms with van der Waals surface area (Å²) in [5.41, 5.74) is 1.12. The van der Waals surface area contributed by atoms with Crippen molar-refractivity contribution in [1.29, 1.82) is 0 Å². The predicted molar refractivity (Wildman–Crippen MR) is 82.1 cm³/mol. The summed E-state index contributed by atoms with van der Waals surface area (Å²) in [5.74, 6) is 0.639. The predicted octanol–water partition coefficient (Wildman–Crippen LogP) is 2.41. The highest BCUT2D eigenvalue weighted by atomic mass is 79.9. The van der Waals surface area contributed by atoms with Gasteiger partial charge in [0.15, 0.2) is 5.58 Å². The van der Waals surface area contributed by atoms with E-state index in [1.54, 1.807) is 18.5 Å². The molecular weight excluding hydrogens is 334 g/mol. The van der Waals surface area contributed by atoms with Crippen LogP contribution in [0.3, 0.4) is 0 Å². The number of carbonyl (C=O) groups excluding carboxylic acids is 1. The maximum absolute atomic E-state index is 12.4. The molecule has 5 nitrogen and oxygen atoms in total. The molecule has 0 radical (unpaired) electrons. The summed E-state index contributed by atoms with van der Waals surface area (Å²) in [5, 5.41) is 4.00. The summed E-state index contributed by atoms with van der Waals surface area (Å²) in [6, 6.07) is 2.01. The van der Waals surface area contributed by atoms with Crippen LogP contribution in [0, 0.1) is 5.92 Å². The monoisotopic (exact) mass is 349 g/mol. The quantitative estimate of drug-likeness (QED) is 0.904. The molecule has 1 amide bonds. The third-order valence-electron chi connectivity index (χ3n) is 4.45. The lowest BCUT2D eigenvalue weighted by molar-refractivity contribution is 0.0904. The van der Waals surface area contributed by atoms with Crippen LogP contribution in [0.1, 0.15) is 23.3 Å². The number of fused-ring (bicyclic) bond motifs is 3. The van der Waals surface area contributed by atoms with Gasteiger partial charge in [0, 0.05) is 24.5 Å². The number of halogens is 1. The Hall–Kier alpha value is -1.40. The van der Waals surface area contributed by atoms with E-state index in [0.717, 1.165) is 28.7 Å². The zero-order chi connectivity index (χ0) is 14.4. The number of amides is 1. The van der Waals surface area contributed by atoms with Gasteiger partial charge >= 0.3 is 0 Å². The average molecular weight is 350 g/mol. The van der Waals surface area contributed by atoms with E-state index in [1.165, 1.54) is 19.5 Å². The van der Waals surface area contributed by atoms with E-state index in [0.29, 0.717) is 11.3 Å². The normalized spacial score (nSPS) is 28.0. The molecule has 2 saturated heterocycles. The van der Waals surface area contributed by atoms with E-state index in [4.69, 9.17) is 4.42 Å². The van der Waals surface area contributed by atoms with Gasteiger partial charge in [-0.05, 0) is 47.3 Å². The minimum absolute atomic E-state index is 0.0995. The van der Waals surface area contributed by atoms with Crippen molar-refractivity contribution in [2.45, 2.75) is 18.9 Å². The minimum atomic E-state index is -0.0995. The zero-order valence-corrected chi connectivity index (χ0v) is 13.1. The number of hydrogen-bond donors (Lipinski definition) is 1. The average Bonchev–Trinajstić information content (AvgIpc) is 3.02. The number of pyridine rings is 1. The van der Waals surface area contributed by atoms with Crippen molar-refractivity contribution < 1.29 is 9.21 Å². The summed E-state index contributed by atoms with van der Waals surface area (Å²) in [6.45, 7) is 3.32. The first-order valence-corrected chi connectivity index (χ1v) is 8.04. The van der Waals surface area contributed by atoms with E-state index in [2.05, 4.69) is 31.1 Å². The molecule has 1 N–H and O–H groups in total. The van der Waals surface area contributed by atoms with E-state index >= 15 is 0 Å². The molecule has 0 aromatic carbocycles. The maximum atomic E-state index is 12.4. The van der Waals surface area contributed by atoms with Crippen LogP contribution in [0.15, 0.2) is 27.4 Å². The molecule has 4 rings (SSSR count). The van der Waals surface area contributed by atoms with Crippen LogP contribution in [0.5, 0.6) is 0 Å². The smallest absolute Gasteiger partial charge is 0.270 e. The number of carbonyl (C=O) groups is 1. The number of nitrogens with zero attached hydrogens (tertiary/aromatic N) is 2. The van der Waals surface area contributed by atoms with Gasteiger partial charge in [-0.3, -0.25) is 4.79 Å². The molecule has 2 fully saturated rings. The third kappa shape index (κ3) is 2.46. The van der Waals surface area contributed by atoms with Gasteiger partial charge in [-0.2, -0.15) is 0 Å². The van der Waals surface area contributed by atoms with Crippen molar-refractivity contribution in [3.8, 4) is 0 Å². The van der Waals surface area contributed by atoms with E-state index in [1.807, 2.05) is 0 Å². The number of rotatable bonds is 2. The van der Waals surface area contributed by atoms with Crippen LogP contribution in [0.2, 0.25) is 0 Å². The molecule has 3 atom stereocenters. The molecule has 0 aliphatic carbocycles. The van der Waals surface area contributed by atoms with Gasteiger partial charge in [-0.15, -0.1) is 0 Å². The fraction of sp³-hybridized carbons (Fsp3) is 0.467. The Bertz CT molecular complexity index is 687. The van der Waals surface area contributed by atoms with Crippen LogP contribution >= 0.6 is 15.9 Å². The number of nitrogens with one attached hydrogen (secondary N) is 1. The Morgan fingerprint density at radius 1 is 1.48 bits per heavy atom. The standard InChI is InChI=1S/C15H16BrN3O2/c16-12-8-21-14-5-17-13(4-11(12)14)15(20)18-10-3-9-1-2-19(6-9)7-10/h4-5,8-10H,1-3,6-7H2,(H,18,20)/t9-,10-/m1/s1. The maximum Gasteiger partial charge on any atom is 0.270 e. The summed E-state index contributed by atoms with van der Waals surface area (Å²) in [6.07, 6.45) is 5.56. The van der Waals surface area contributed by atoms with Crippen LogP contribution in [0.4, 0.5) is 0 Å². The molecule has 2 aliphatic rings. The zero-order valence-electron chi connectivity index (χ0n) is 11.5. The van der Waals surface area contributed by atoms with Gasteiger partial charge < -0.3 is 14.6 Å². The molecule has 110 valence electrons. The molecule has 6 heteroatoms. The topological polar surface area (TPSA) is 58.4 Å². The number of aromatic nitrogens is 1. The van der Waals surface area contributed by atoms with Gasteiger partial charge in [0.1, 0.15) is 12.0 Å². The van der Waals surface area contributed by atoms with Gasteiger partial charge in [0.2, 0.25) is 0 Å². The van der Waals surface area contributed by atoms with Crippen molar-refractivity contribution in [3.05, 3.63) is 28.7 Å². The SMILES string of the molecule is O=C(N[C@@H]1C[C@H]2CCN(C2)C1)c1cc2c(Br)coc2cn1. The first-order valence-electron chi connectivity index (χ1n) is 7.25. The summed E-state index contributed by atoms with van der Waals surface area (Å²) < 4.78 is 6.17. The van der Waals surface area contributed by atoms with Gasteiger partial charge in [0.05, 0.1) is 10.7 Å². The van der Waals surface area contributed by atoms with Crippen molar-refractivity contribution in [1.82, 2.24) is 15.2 Å². The lowest BCUT2D eigenvalue weighted by Crippen LogP contribution is -2.47. The van der Waals surface area contributed by atoms with Gasteiger partial charge in [-0.25, -0.2) is 4.98 Å².